The van der Waals surface area contributed by atoms with Crippen molar-refractivity contribution in [3.8, 4) is 11.5 Å². The molecule has 4 rings (SSSR count). The zero-order valence-electron chi connectivity index (χ0n) is 13.9. The number of para-hydroxylation sites is 1. The third-order valence-corrected chi connectivity index (χ3v) is 4.79. The molecule has 2 aliphatic heterocycles. The fraction of sp³-hybridized carbons (Fsp3) is 0.316. The molecule has 0 radical (unpaired) electrons. The molecule has 2 aliphatic rings. The Kier molecular flexibility index (Phi) is 4.70. The molecule has 0 saturated carbocycles. The highest BCUT2D eigenvalue weighted by Gasteiger charge is 2.30. The third-order valence-electron chi connectivity index (χ3n) is 4.46. The van der Waals surface area contributed by atoms with Crippen LogP contribution in [0.3, 0.4) is 0 Å². The lowest BCUT2D eigenvalue weighted by molar-refractivity contribution is -0.0229. The number of benzene rings is 2. The van der Waals surface area contributed by atoms with Crippen LogP contribution in [0.25, 0.3) is 0 Å². The molecule has 26 heavy (non-hydrogen) atoms. The van der Waals surface area contributed by atoms with Crippen LogP contribution in [0.5, 0.6) is 11.5 Å². The van der Waals surface area contributed by atoms with E-state index in [0.29, 0.717) is 55.5 Å². The summed E-state index contributed by atoms with van der Waals surface area (Å²) in [5, 5.41) is 0.290. The maximum Gasteiger partial charge on any atom is 0.257 e. The van der Waals surface area contributed by atoms with Crippen LogP contribution in [-0.4, -0.2) is 43.7 Å². The Bertz CT molecular complexity index is 844. The minimum Gasteiger partial charge on any atom is -0.486 e. The van der Waals surface area contributed by atoms with Crippen molar-refractivity contribution in [3.63, 3.8) is 0 Å². The van der Waals surface area contributed by atoms with Gasteiger partial charge in [-0.05, 0) is 24.3 Å². The lowest BCUT2D eigenvalue weighted by Gasteiger charge is -2.34. The number of hydrogen-bond donors (Lipinski definition) is 0. The van der Waals surface area contributed by atoms with Crippen LogP contribution in [0.1, 0.15) is 22.0 Å². The summed E-state index contributed by atoms with van der Waals surface area (Å²) in [6, 6.07) is 9.47. The molecule has 0 aromatic heterocycles. The van der Waals surface area contributed by atoms with E-state index in [1.165, 1.54) is 12.1 Å². The fourth-order valence-corrected chi connectivity index (χ4v) is 3.49. The molecule has 136 valence electrons. The van der Waals surface area contributed by atoms with Crippen molar-refractivity contribution in [1.29, 1.82) is 0 Å². The first-order chi connectivity index (χ1) is 12.6. The van der Waals surface area contributed by atoms with E-state index in [1.54, 1.807) is 29.2 Å². The average Bonchev–Trinajstić information content (AvgIpc) is 2.67. The Morgan fingerprint density at radius 2 is 2.00 bits per heavy atom. The van der Waals surface area contributed by atoms with Gasteiger partial charge in [-0.2, -0.15) is 0 Å². The number of nitrogens with zero attached hydrogens (tertiary/aromatic N) is 1. The molecular formula is C19H17ClFNO4. The number of carbonyl (C=O) groups is 1. The largest absolute Gasteiger partial charge is 0.486 e. The number of hydrogen-bond acceptors (Lipinski definition) is 4. The number of carbonyl (C=O) groups excluding carboxylic acids is 1. The van der Waals surface area contributed by atoms with Crippen molar-refractivity contribution in [2.75, 3.05) is 32.9 Å². The first-order valence-electron chi connectivity index (χ1n) is 8.38. The second kappa shape index (κ2) is 7.13. The van der Waals surface area contributed by atoms with Crippen molar-refractivity contribution in [3.05, 3.63) is 58.4 Å². The summed E-state index contributed by atoms with van der Waals surface area (Å²) >= 11 is 6.14. The molecule has 1 fully saturated rings. The highest BCUT2D eigenvalue weighted by molar-refractivity contribution is 6.31. The van der Waals surface area contributed by atoms with E-state index in [4.69, 9.17) is 25.8 Å². The van der Waals surface area contributed by atoms with E-state index in [0.717, 1.165) is 0 Å². The summed E-state index contributed by atoms with van der Waals surface area (Å²) in [7, 11) is 0. The van der Waals surface area contributed by atoms with Crippen LogP contribution >= 0.6 is 11.6 Å². The van der Waals surface area contributed by atoms with Crippen LogP contribution in [-0.2, 0) is 4.74 Å². The van der Waals surface area contributed by atoms with Crippen molar-refractivity contribution >= 4 is 17.5 Å². The molecule has 0 N–H and O–H groups in total. The van der Waals surface area contributed by atoms with Gasteiger partial charge in [0, 0.05) is 17.1 Å². The second-order valence-corrected chi connectivity index (χ2v) is 6.51. The predicted molar refractivity (Wildman–Crippen MR) is 93.4 cm³/mol. The van der Waals surface area contributed by atoms with Gasteiger partial charge in [0.1, 0.15) is 25.1 Å². The highest BCUT2D eigenvalue weighted by atomic mass is 35.5. The van der Waals surface area contributed by atoms with E-state index >= 15 is 0 Å². The molecule has 0 aliphatic carbocycles. The standard InChI is InChI=1S/C19H17ClFNO4/c20-15-10-12(21)4-5-13(15)17-11-22(6-7-24-17)19(23)14-2-1-3-16-18(14)26-9-8-25-16/h1-5,10,17H,6-9,11H2. The van der Waals surface area contributed by atoms with Gasteiger partial charge < -0.3 is 19.1 Å². The van der Waals surface area contributed by atoms with Gasteiger partial charge in [0.05, 0.1) is 18.7 Å². The molecule has 1 amide bonds. The predicted octanol–water partition coefficient (Wildman–Crippen LogP) is 3.46. The highest BCUT2D eigenvalue weighted by Crippen LogP contribution is 2.35. The first kappa shape index (κ1) is 17.1. The van der Waals surface area contributed by atoms with Crippen molar-refractivity contribution in [1.82, 2.24) is 4.90 Å². The Hall–Kier alpha value is -2.31. The monoisotopic (exact) mass is 377 g/mol. The maximum atomic E-state index is 13.3. The third kappa shape index (κ3) is 3.22. The van der Waals surface area contributed by atoms with Crippen LogP contribution in [0, 0.1) is 5.82 Å². The van der Waals surface area contributed by atoms with Gasteiger partial charge in [-0.3, -0.25) is 4.79 Å². The molecule has 5 nitrogen and oxygen atoms in total. The van der Waals surface area contributed by atoms with Gasteiger partial charge in [0.2, 0.25) is 0 Å². The fourth-order valence-electron chi connectivity index (χ4n) is 3.20. The van der Waals surface area contributed by atoms with Gasteiger partial charge in [-0.1, -0.05) is 23.7 Å². The normalized spacial score (nSPS) is 19.3. The summed E-state index contributed by atoms with van der Waals surface area (Å²) in [6.07, 6.45) is -0.405. The minimum absolute atomic E-state index is 0.154. The number of amides is 1. The van der Waals surface area contributed by atoms with Crippen LogP contribution in [0.4, 0.5) is 4.39 Å². The van der Waals surface area contributed by atoms with Crippen LogP contribution in [0.15, 0.2) is 36.4 Å². The summed E-state index contributed by atoms with van der Waals surface area (Å²) in [6.45, 7) is 2.03. The van der Waals surface area contributed by atoms with Crippen molar-refractivity contribution in [2.45, 2.75) is 6.10 Å². The molecule has 2 heterocycles. The van der Waals surface area contributed by atoms with Crippen molar-refractivity contribution in [2.24, 2.45) is 0 Å². The molecule has 7 heteroatoms. The molecule has 0 spiro atoms. The lowest BCUT2D eigenvalue weighted by atomic mass is 10.1. The molecule has 2 aromatic rings. The summed E-state index contributed by atoms with van der Waals surface area (Å²) in [4.78, 5) is 14.7. The molecule has 1 unspecified atom stereocenters. The van der Waals surface area contributed by atoms with Gasteiger partial charge in [0.15, 0.2) is 11.5 Å². The summed E-state index contributed by atoms with van der Waals surface area (Å²) in [5.41, 5.74) is 1.13. The van der Waals surface area contributed by atoms with E-state index in [1.807, 2.05) is 0 Å². The second-order valence-electron chi connectivity index (χ2n) is 6.11. The molecular weight excluding hydrogens is 361 g/mol. The topological polar surface area (TPSA) is 48.0 Å². The van der Waals surface area contributed by atoms with Gasteiger partial charge in [-0.25, -0.2) is 4.39 Å². The minimum atomic E-state index is -0.407. The SMILES string of the molecule is O=C(c1cccc2c1OCCO2)N1CCOC(c2ccc(F)cc2Cl)C1. The Morgan fingerprint density at radius 1 is 1.15 bits per heavy atom. The smallest absolute Gasteiger partial charge is 0.257 e. The Morgan fingerprint density at radius 3 is 2.85 bits per heavy atom. The zero-order chi connectivity index (χ0) is 18.1. The number of rotatable bonds is 2. The number of fused-ring (bicyclic) bond motifs is 1. The van der Waals surface area contributed by atoms with Gasteiger partial charge in [-0.15, -0.1) is 0 Å². The number of morpholine rings is 1. The molecule has 2 aromatic carbocycles. The number of halogens is 2. The van der Waals surface area contributed by atoms with Gasteiger partial charge in [0.25, 0.3) is 5.91 Å². The first-order valence-corrected chi connectivity index (χ1v) is 8.76. The average molecular weight is 378 g/mol. The van der Waals surface area contributed by atoms with E-state index in [9.17, 15) is 9.18 Å². The van der Waals surface area contributed by atoms with Crippen LogP contribution in [0.2, 0.25) is 5.02 Å². The Labute approximate surface area is 155 Å². The molecule has 1 saturated heterocycles. The summed E-state index contributed by atoms with van der Waals surface area (Å²) in [5.74, 6) is 0.495. The maximum absolute atomic E-state index is 13.3. The molecule has 1 atom stereocenters. The van der Waals surface area contributed by atoms with Crippen molar-refractivity contribution < 1.29 is 23.4 Å². The van der Waals surface area contributed by atoms with Crippen LogP contribution < -0.4 is 9.47 Å². The van der Waals surface area contributed by atoms with Gasteiger partial charge >= 0.3 is 0 Å². The van der Waals surface area contributed by atoms with E-state index < -0.39 is 11.9 Å². The summed E-state index contributed by atoms with van der Waals surface area (Å²) < 4.78 is 30.2. The van der Waals surface area contributed by atoms with E-state index in [2.05, 4.69) is 0 Å². The van der Waals surface area contributed by atoms with E-state index in [-0.39, 0.29) is 10.9 Å². The molecule has 0 bridgehead atoms. The number of ether oxygens (including phenoxy) is 3. The Balaban J connectivity index is 1.57. The quantitative estimate of drug-likeness (QED) is 0.804. The lowest BCUT2D eigenvalue weighted by Crippen LogP contribution is -2.42. The zero-order valence-corrected chi connectivity index (χ0v) is 14.7.